The summed E-state index contributed by atoms with van der Waals surface area (Å²) >= 11 is 0. The van der Waals surface area contributed by atoms with Crippen molar-refractivity contribution >= 4 is 6.16 Å². The second kappa shape index (κ2) is 7.92. The zero-order chi connectivity index (χ0) is 17.7. The average molecular weight is 332 g/mol. The van der Waals surface area contributed by atoms with Crippen LogP contribution in [0, 0.1) is 18.8 Å². The van der Waals surface area contributed by atoms with Crippen LogP contribution in [0.2, 0.25) is 0 Å². The summed E-state index contributed by atoms with van der Waals surface area (Å²) in [6.45, 7) is 5.05. The summed E-state index contributed by atoms with van der Waals surface area (Å²) in [4.78, 5) is 17.5. The van der Waals surface area contributed by atoms with E-state index in [2.05, 4.69) is 29.2 Å². The highest BCUT2D eigenvalue weighted by molar-refractivity contribution is 5.53. The van der Waals surface area contributed by atoms with Crippen molar-refractivity contribution in [2.45, 2.75) is 32.6 Å². The largest absolute Gasteiger partial charge is 0.503 e. The lowest BCUT2D eigenvalue weighted by Gasteiger charge is -2.06. The molecule has 0 radical (unpaired) electrons. The zero-order valence-corrected chi connectivity index (χ0v) is 14.0. The lowest BCUT2D eigenvalue weighted by Crippen LogP contribution is -2.11. The van der Waals surface area contributed by atoms with E-state index in [1.165, 1.54) is 24.1 Å². The van der Waals surface area contributed by atoms with Gasteiger partial charge < -0.3 is 15.9 Å². The molecule has 2 aromatic heterocycles. The molecular weight excluding hydrogens is 308 g/mol. The fraction of sp³-hybridized carbons (Fsp3) is 0.471. The molecule has 3 rings (SSSR count). The Hall–Kier alpha value is -2.41. The van der Waals surface area contributed by atoms with Gasteiger partial charge >= 0.3 is 6.16 Å². The lowest BCUT2D eigenvalue weighted by atomic mass is 10.0. The van der Waals surface area contributed by atoms with Gasteiger partial charge in [-0.1, -0.05) is 13.0 Å². The Balaban J connectivity index is 0.000000471. The Bertz CT molecular complexity index is 665. The van der Waals surface area contributed by atoms with E-state index in [-0.39, 0.29) is 0 Å². The molecule has 1 aliphatic rings. The third kappa shape index (κ3) is 5.06. The lowest BCUT2D eigenvalue weighted by molar-refractivity contribution is 0.137. The van der Waals surface area contributed by atoms with Crippen LogP contribution in [-0.4, -0.2) is 37.4 Å². The molecule has 0 aromatic carbocycles. The van der Waals surface area contributed by atoms with Crippen molar-refractivity contribution in [1.82, 2.24) is 14.5 Å². The van der Waals surface area contributed by atoms with E-state index in [0.29, 0.717) is 11.8 Å². The van der Waals surface area contributed by atoms with Crippen LogP contribution in [0.5, 0.6) is 0 Å². The Morgan fingerprint density at radius 2 is 2.12 bits per heavy atom. The maximum atomic E-state index is 8.56. The van der Waals surface area contributed by atoms with Crippen LogP contribution in [0.25, 0.3) is 5.82 Å². The molecule has 1 aliphatic carbocycles. The van der Waals surface area contributed by atoms with Gasteiger partial charge in [0, 0.05) is 18.3 Å². The molecule has 2 aromatic rings. The van der Waals surface area contributed by atoms with Gasteiger partial charge in [-0.25, -0.2) is 14.8 Å². The molecule has 24 heavy (non-hydrogen) atoms. The van der Waals surface area contributed by atoms with Gasteiger partial charge in [0.2, 0.25) is 0 Å². The molecule has 3 atom stereocenters. The quantitative estimate of drug-likeness (QED) is 0.775. The molecule has 0 aliphatic heterocycles. The van der Waals surface area contributed by atoms with Gasteiger partial charge in [0.05, 0.1) is 5.69 Å². The van der Waals surface area contributed by atoms with Gasteiger partial charge in [-0.2, -0.15) is 0 Å². The normalized spacial score (nSPS) is 20.0. The number of pyridine rings is 1. The van der Waals surface area contributed by atoms with Crippen LogP contribution >= 0.6 is 0 Å². The number of aromatic nitrogens is 3. The van der Waals surface area contributed by atoms with Crippen molar-refractivity contribution in [1.29, 1.82) is 0 Å². The number of carbonyl (C=O) groups is 1. The summed E-state index contributed by atoms with van der Waals surface area (Å²) in [6, 6.07) is 4.10. The number of nitrogens with zero attached hydrogens (tertiary/aromatic N) is 3. The Labute approximate surface area is 141 Å². The number of aryl methyl sites for hydroxylation is 1. The van der Waals surface area contributed by atoms with E-state index >= 15 is 0 Å². The summed E-state index contributed by atoms with van der Waals surface area (Å²) in [7, 11) is 0. The first kappa shape index (κ1) is 17.9. The van der Waals surface area contributed by atoms with E-state index in [4.69, 9.17) is 20.7 Å². The third-order valence-corrected chi connectivity index (χ3v) is 4.17. The molecule has 3 unspecified atom stereocenters. The molecule has 0 amide bonds. The molecule has 1 saturated carbocycles. The van der Waals surface area contributed by atoms with Crippen LogP contribution in [0.15, 0.2) is 30.9 Å². The third-order valence-electron chi connectivity index (χ3n) is 4.17. The van der Waals surface area contributed by atoms with Crippen molar-refractivity contribution in [3.05, 3.63) is 42.1 Å². The van der Waals surface area contributed by atoms with Gasteiger partial charge in [-0.15, -0.1) is 0 Å². The maximum Gasteiger partial charge on any atom is 0.503 e. The van der Waals surface area contributed by atoms with Gasteiger partial charge in [-0.05, 0) is 49.8 Å². The minimum Gasteiger partial charge on any atom is -0.450 e. The van der Waals surface area contributed by atoms with E-state index in [9.17, 15) is 0 Å². The Morgan fingerprint density at radius 1 is 1.42 bits per heavy atom. The highest BCUT2D eigenvalue weighted by Crippen LogP contribution is 2.50. The predicted molar refractivity (Wildman–Crippen MR) is 90.4 cm³/mol. The average Bonchev–Trinajstić information content (AvgIpc) is 3.11. The van der Waals surface area contributed by atoms with Gasteiger partial charge in [0.15, 0.2) is 0 Å². The smallest absolute Gasteiger partial charge is 0.450 e. The van der Waals surface area contributed by atoms with Gasteiger partial charge in [-0.3, -0.25) is 4.57 Å². The van der Waals surface area contributed by atoms with Crippen LogP contribution in [-0.2, 0) is 0 Å². The van der Waals surface area contributed by atoms with Crippen molar-refractivity contribution < 1.29 is 15.0 Å². The number of hydrogen-bond donors (Lipinski definition) is 3. The first-order valence-electron chi connectivity index (χ1n) is 7.99. The van der Waals surface area contributed by atoms with Crippen LogP contribution in [0.4, 0.5) is 4.79 Å². The number of nitrogens with two attached hydrogens (primary N) is 1. The Morgan fingerprint density at radius 3 is 2.71 bits per heavy atom. The first-order valence-corrected chi connectivity index (χ1v) is 7.99. The number of imidazole rings is 1. The van der Waals surface area contributed by atoms with E-state index in [0.717, 1.165) is 18.3 Å². The standard InChI is InChI=1S/C16H22N4.CH2O3/c1-11-3-4-16(18-8-11)20-9-15(19-10-20)14-6-13(14)5-12(2)7-17;2-1(3)4/h3-4,8-10,12-14H,5-7,17H2,1-2H3;(H2,2,3,4). The fourth-order valence-electron chi connectivity index (χ4n) is 2.75. The topological polar surface area (TPSA) is 114 Å². The molecular formula is C17H24N4O3. The zero-order valence-electron chi connectivity index (χ0n) is 14.0. The predicted octanol–water partition coefficient (Wildman–Crippen LogP) is 2.89. The molecule has 1 fully saturated rings. The molecule has 0 bridgehead atoms. The second-order valence-electron chi connectivity index (χ2n) is 6.36. The summed E-state index contributed by atoms with van der Waals surface area (Å²) in [5.74, 6) is 2.94. The monoisotopic (exact) mass is 332 g/mol. The summed E-state index contributed by atoms with van der Waals surface area (Å²) < 4.78 is 2.01. The summed E-state index contributed by atoms with van der Waals surface area (Å²) in [5, 5.41) is 13.9. The van der Waals surface area contributed by atoms with Crippen LogP contribution in [0.3, 0.4) is 0 Å². The minimum absolute atomic E-state index is 0.617. The minimum atomic E-state index is -1.83. The number of carboxylic acid groups (broad SMARTS) is 2. The summed E-state index contributed by atoms with van der Waals surface area (Å²) in [5.41, 5.74) is 8.07. The van der Waals surface area contributed by atoms with Gasteiger partial charge in [0.25, 0.3) is 0 Å². The number of rotatable bonds is 5. The first-order chi connectivity index (χ1) is 11.4. The molecule has 4 N–H and O–H groups in total. The van der Waals surface area contributed by atoms with Crippen molar-refractivity contribution in [2.24, 2.45) is 17.6 Å². The van der Waals surface area contributed by atoms with Crippen molar-refractivity contribution in [3.8, 4) is 5.82 Å². The van der Waals surface area contributed by atoms with E-state index < -0.39 is 6.16 Å². The van der Waals surface area contributed by atoms with Crippen molar-refractivity contribution in [3.63, 3.8) is 0 Å². The molecule has 0 saturated heterocycles. The maximum absolute atomic E-state index is 8.56. The summed E-state index contributed by atoms with van der Waals surface area (Å²) in [6.07, 6.45) is 6.52. The highest BCUT2D eigenvalue weighted by Gasteiger charge is 2.40. The highest BCUT2D eigenvalue weighted by atomic mass is 16.6. The van der Waals surface area contributed by atoms with E-state index in [1.54, 1.807) is 0 Å². The Kier molecular flexibility index (Phi) is 5.92. The SMILES string of the molecule is Cc1ccc(-n2cnc(C3CC3CC(C)CN)c2)nc1.O=C(O)O. The van der Waals surface area contributed by atoms with Crippen LogP contribution in [0.1, 0.15) is 36.9 Å². The molecule has 7 nitrogen and oxygen atoms in total. The van der Waals surface area contributed by atoms with E-state index in [1.807, 2.05) is 30.1 Å². The molecule has 0 spiro atoms. The van der Waals surface area contributed by atoms with Gasteiger partial charge in [0.1, 0.15) is 12.1 Å². The molecule has 7 heteroatoms. The number of hydrogen-bond acceptors (Lipinski definition) is 4. The fourth-order valence-corrected chi connectivity index (χ4v) is 2.75. The molecule has 2 heterocycles. The second-order valence-corrected chi connectivity index (χ2v) is 6.36. The molecule has 130 valence electrons. The van der Waals surface area contributed by atoms with Crippen molar-refractivity contribution in [2.75, 3.05) is 6.54 Å². The van der Waals surface area contributed by atoms with Crippen LogP contribution < -0.4 is 5.73 Å².